The van der Waals surface area contributed by atoms with E-state index < -0.39 is 11.9 Å². The zero-order valence-electron chi connectivity index (χ0n) is 10.6. The van der Waals surface area contributed by atoms with E-state index in [1.165, 1.54) is 4.68 Å². The molecule has 3 rings (SSSR count). The maximum Gasteiger partial charge on any atom is 0.435 e. The van der Waals surface area contributed by atoms with Crippen LogP contribution >= 0.6 is 0 Å². The van der Waals surface area contributed by atoms with Crippen LogP contribution in [0.3, 0.4) is 0 Å². The monoisotopic (exact) mass is 282 g/mol. The second kappa shape index (κ2) is 4.59. The number of alkyl halides is 3. The van der Waals surface area contributed by atoms with E-state index in [2.05, 4.69) is 10.1 Å². The molecule has 0 saturated heterocycles. The number of hydrogen-bond acceptors (Lipinski definition) is 3. The molecule has 2 aromatic rings. The molecule has 0 bridgehead atoms. The number of halogens is 3. The average molecular weight is 282 g/mol. The first-order valence-electron chi connectivity index (χ1n) is 6.31. The number of nitrogens with two attached hydrogens (primary N) is 1. The molecule has 2 N–H and O–H groups in total. The molecule has 0 atom stereocenters. The zero-order valence-corrected chi connectivity index (χ0v) is 10.6. The molecule has 0 unspecified atom stereocenters. The van der Waals surface area contributed by atoms with E-state index >= 15 is 0 Å². The molecule has 106 valence electrons. The van der Waals surface area contributed by atoms with Gasteiger partial charge in [0.1, 0.15) is 0 Å². The Morgan fingerprint density at radius 1 is 1.30 bits per heavy atom. The van der Waals surface area contributed by atoms with Crippen LogP contribution < -0.4 is 5.73 Å². The Morgan fingerprint density at radius 2 is 2.05 bits per heavy atom. The van der Waals surface area contributed by atoms with Crippen LogP contribution in [0.2, 0.25) is 0 Å². The summed E-state index contributed by atoms with van der Waals surface area (Å²) in [7, 11) is 0. The van der Waals surface area contributed by atoms with Crippen molar-refractivity contribution >= 4 is 0 Å². The molecule has 0 aromatic carbocycles. The highest BCUT2D eigenvalue weighted by molar-refractivity contribution is 5.32. The van der Waals surface area contributed by atoms with E-state index in [0.29, 0.717) is 18.1 Å². The van der Waals surface area contributed by atoms with Crippen molar-refractivity contribution in [1.29, 1.82) is 0 Å². The summed E-state index contributed by atoms with van der Waals surface area (Å²) in [6.45, 7) is 0.343. The third-order valence-electron chi connectivity index (χ3n) is 3.28. The van der Waals surface area contributed by atoms with E-state index in [-0.39, 0.29) is 5.92 Å². The summed E-state index contributed by atoms with van der Waals surface area (Å²) in [6.07, 6.45) is -1.10. The van der Waals surface area contributed by atoms with Gasteiger partial charge in [-0.05, 0) is 30.5 Å². The van der Waals surface area contributed by atoms with Crippen LogP contribution in [-0.4, -0.2) is 14.8 Å². The van der Waals surface area contributed by atoms with Crippen molar-refractivity contribution in [3.63, 3.8) is 0 Å². The minimum atomic E-state index is -4.44. The molecule has 0 spiro atoms. The van der Waals surface area contributed by atoms with Gasteiger partial charge < -0.3 is 5.73 Å². The highest BCUT2D eigenvalue weighted by atomic mass is 19.4. The third-order valence-corrected chi connectivity index (χ3v) is 3.28. The van der Waals surface area contributed by atoms with Gasteiger partial charge in [-0.25, -0.2) is 9.67 Å². The first-order chi connectivity index (χ1) is 9.49. The molecule has 1 fully saturated rings. The van der Waals surface area contributed by atoms with E-state index in [1.54, 1.807) is 18.3 Å². The quantitative estimate of drug-likeness (QED) is 0.941. The van der Waals surface area contributed by atoms with Crippen LogP contribution in [0, 0.1) is 0 Å². The molecule has 1 aliphatic rings. The molecule has 7 heteroatoms. The van der Waals surface area contributed by atoms with Crippen molar-refractivity contribution in [2.45, 2.75) is 31.5 Å². The van der Waals surface area contributed by atoms with Gasteiger partial charge in [0.05, 0.1) is 0 Å². The lowest BCUT2D eigenvalue weighted by molar-refractivity contribution is -0.141. The van der Waals surface area contributed by atoms with Crippen LogP contribution in [0.5, 0.6) is 0 Å². The molecule has 2 heterocycles. The highest BCUT2D eigenvalue weighted by Gasteiger charge is 2.38. The van der Waals surface area contributed by atoms with Gasteiger partial charge in [0, 0.05) is 24.4 Å². The molecule has 1 aliphatic carbocycles. The van der Waals surface area contributed by atoms with Gasteiger partial charge in [-0.1, -0.05) is 6.07 Å². The molecule has 4 nitrogen and oxygen atoms in total. The fourth-order valence-corrected chi connectivity index (χ4v) is 2.05. The van der Waals surface area contributed by atoms with Gasteiger partial charge in [0.15, 0.2) is 11.5 Å². The van der Waals surface area contributed by atoms with Crippen molar-refractivity contribution in [3.8, 4) is 5.82 Å². The fraction of sp³-hybridized carbons (Fsp3) is 0.385. The maximum absolute atomic E-state index is 12.8. The molecular weight excluding hydrogens is 269 g/mol. The summed E-state index contributed by atoms with van der Waals surface area (Å²) >= 11 is 0. The minimum Gasteiger partial charge on any atom is -0.326 e. The van der Waals surface area contributed by atoms with Gasteiger partial charge in [0.2, 0.25) is 0 Å². The summed E-state index contributed by atoms with van der Waals surface area (Å²) in [5.74, 6) is 0.536. The number of pyridine rings is 1. The predicted molar refractivity (Wildman–Crippen MR) is 66.2 cm³/mol. The van der Waals surface area contributed by atoms with Crippen molar-refractivity contribution < 1.29 is 13.2 Å². The average Bonchev–Trinajstić information content (AvgIpc) is 3.16. The Hall–Kier alpha value is -1.89. The summed E-state index contributed by atoms with van der Waals surface area (Å²) in [5.41, 5.74) is 6.00. The molecule has 2 aromatic heterocycles. The normalized spacial score (nSPS) is 15.6. The largest absolute Gasteiger partial charge is 0.435 e. The lowest BCUT2D eigenvalue weighted by Crippen LogP contribution is -2.09. The van der Waals surface area contributed by atoms with Crippen LogP contribution in [-0.2, 0) is 12.7 Å². The summed E-state index contributed by atoms with van der Waals surface area (Å²) in [4.78, 5) is 4.14. The topological polar surface area (TPSA) is 56.7 Å². The third kappa shape index (κ3) is 2.40. The van der Waals surface area contributed by atoms with E-state index in [9.17, 15) is 13.2 Å². The van der Waals surface area contributed by atoms with Crippen LogP contribution in [0.15, 0.2) is 24.4 Å². The predicted octanol–water partition coefficient (Wildman–Crippen LogP) is 2.62. The number of nitrogens with zero attached hydrogens (tertiary/aromatic N) is 3. The van der Waals surface area contributed by atoms with Gasteiger partial charge in [-0.3, -0.25) is 0 Å². The second-order valence-electron chi connectivity index (χ2n) is 4.87. The summed E-state index contributed by atoms with van der Waals surface area (Å²) in [6, 6.07) is 4.51. The van der Waals surface area contributed by atoms with Crippen molar-refractivity contribution in [1.82, 2.24) is 14.8 Å². The lowest BCUT2D eigenvalue weighted by atomic mass is 10.2. The second-order valence-corrected chi connectivity index (χ2v) is 4.87. The summed E-state index contributed by atoms with van der Waals surface area (Å²) in [5, 5.41) is 3.67. The van der Waals surface area contributed by atoms with Crippen molar-refractivity contribution in [3.05, 3.63) is 41.3 Å². The van der Waals surface area contributed by atoms with Crippen molar-refractivity contribution in [2.75, 3.05) is 0 Å². The van der Waals surface area contributed by atoms with Gasteiger partial charge in [-0.2, -0.15) is 18.3 Å². The van der Waals surface area contributed by atoms with Gasteiger partial charge in [0.25, 0.3) is 0 Å². The van der Waals surface area contributed by atoms with Crippen LogP contribution in [0.1, 0.15) is 35.7 Å². The Balaban J connectivity index is 2.04. The fourth-order valence-electron chi connectivity index (χ4n) is 2.05. The number of hydrogen-bond donors (Lipinski definition) is 1. The SMILES string of the molecule is NCc1ccc(-n2nc(C(F)(F)F)cc2C2CC2)nc1. The van der Waals surface area contributed by atoms with E-state index in [4.69, 9.17) is 5.73 Å². The van der Waals surface area contributed by atoms with Crippen LogP contribution in [0.25, 0.3) is 5.82 Å². The molecular formula is C13H13F3N4. The number of rotatable bonds is 3. The van der Waals surface area contributed by atoms with Gasteiger partial charge in [-0.15, -0.1) is 0 Å². The lowest BCUT2D eigenvalue weighted by Gasteiger charge is -2.06. The molecule has 0 amide bonds. The van der Waals surface area contributed by atoms with E-state index in [1.807, 2.05) is 0 Å². The molecule has 20 heavy (non-hydrogen) atoms. The van der Waals surface area contributed by atoms with E-state index in [0.717, 1.165) is 24.5 Å². The minimum absolute atomic E-state index is 0.148. The standard InChI is InChI=1S/C13H13F3N4/c14-13(15,16)11-5-10(9-2-3-9)20(19-11)12-4-1-8(6-17)7-18-12/h1,4-5,7,9H,2-3,6,17H2. The Labute approximate surface area is 113 Å². The first kappa shape index (κ1) is 13.1. The Bertz CT molecular complexity index is 612. The Morgan fingerprint density at radius 3 is 2.55 bits per heavy atom. The maximum atomic E-state index is 12.8. The van der Waals surface area contributed by atoms with Crippen molar-refractivity contribution in [2.24, 2.45) is 5.73 Å². The smallest absolute Gasteiger partial charge is 0.326 e. The summed E-state index contributed by atoms with van der Waals surface area (Å²) < 4.78 is 39.7. The molecule has 0 radical (unpaired) electrons. The molecule has 0 aliphatic heterocycles. The zero-order chi connectivity index (χ0) is 14.3. The first-order valence-corrected chi connectivity index (χ1v) is 6.31. The molecule has 1 saturated carbocycles. The number of aromatic nitrogens is 3. The Kier molecular flexibility index (Phi) is 3.01. The van der Waals surface area contributed by atoms with Gasteiger partial charge >= 0.3 is 6.18 Å². The van der Waals surface area contributed by atoms with Crippen LogP contribution in [0.4, 0.5) is 13.2 Å². The highest BCUT2D eigenvalue weighted by Crippen LogP contribution is 2.42.